The highest BCUT2D eigenvalue weighted by Crippen LogP contribution is 2.17. The van der Waals surface area contributed by atoms with Crippen LogP contribution in [-0.4, -0.2) is 0 Å². The van der Waals surface area contributed by atoms with Gasteiger partial charge in [-0.25, -0.2) is 0 Å². The molecule has 0 nitrogen and oxygen atoms in total. The van der Waals surface area contributed by atoms with E-state index >= 15 is 0 Å². The van der Waals surface area contributed by atoms with Gasteiger partial charge in [0.25, 0.3) is 0 Å². The third-order valence-corrected chi connectivity index (χ3v) is 2.56. The fraction of sp³-hybridized carbons (Fsp3) is 0.667. The lowest BCUT2D eigenvalue weighted by Gasteiger charge is -2.10. The van der Waals surface area contributed by atoms with Crippen LogP contribution in [-0.2, 0) is 0 Å². The Morgan fingerprint density at radius 3 is 2.42 bits per heavy atom. The molecule has 0 aromatic heterocycles. The van der Waals surface area contributed by atoms with Gasteiger partial charge in [0, 0.05) is 0 Å². The zero-order valence-electron chi connectivity index (χ0n) is 8.77. The summed E-state index contributed by atoms with van der Waals surface area (Å²) in [5, 5.41) is 0. The molecule has 0 spiro atoms. The van der Waals surface area contributed by atoms with Crippen molar-refractivity contribution in [1.29, 1.82) is 0 Å². The molecule has 0 N–H and O–H groups in total. The van der Waals surface area contributed by atoms with Gasteiger partial charge < -0.3 is 0 Å². The second kappa shape index (κ2) is 7.15. The highest BCUT2D eigenvalue weighted by molar-refractivity contribution is 4.99. The van der Waals surface area contributed by atoms with Gasteiger partial charge in [0.05, 0.1) is 0 Å². The summed E-state index contributed by atoms with van der Waals surface area (Å²) in [5.41, 5.74) is 1.58. The summed E-state index contributed by atoms with van der Waals surface area (Å²) in [4.78, 5) is 0. The first-order valence-electron chi connectivity index (χ1n) is 5.05. The Kier molecular flexibility index (Phi) is 6.84. The summed E-state index contributed by atoms with van der Waals surface area (Å²) >= 11 is 0. The average Bonchev–Trinajstić information content (AvgIpc) is 2.13. The van der Waals surface area contributed by atoms with Crippen molar-refractivity contribution in [1.82, 2.24) is 0 Å². The molecule has 70 valence electrons. The first-order chi connectivity index (χ1) is 5.78. The van der Waals surface area contributed by atoms with Crippen LogP contribution in [0.25, 0.3) is 0 Å². The van der Waals surface area contributed by atoms with Crippen molar-refractivity contribution >= 4 is 0 Å². The van der Waals surface area contributed by atoms with Crippen LogP contribution in [0.5, 0.6) is 0 Å². The maximum absolute atomic E-state index is 3.84. The molecule has 0 rings (SSSR count). The zero-order valence-corrected chi connectivity index (χ0v) is 8.77. The number of allylic oxidation sites excluding steroid dienone is 3. The van der Waals surface area contributed by atoms with E-state index in [9.17, 15) is 0 Å². The first kappa shape index (κ1) is 11.5. The van der Waals surface area contributed by atoms with E-state index in [0.29, 0.717) is 5.92 Å². The van der Waals surface area contributed by atoms with E-state index in [1.54, 1.807) is 5.57 Å². The van der Waals surface area contributed by atoms with Crippen LogP contribution < -0.4 is 0 Å². The van der Waals surface area contributed by atoms with Crippen molar-refractivity contribution in [2.45, 2.75) is 46.5 Å². The van der Waals surface area contributed by atoms with Crippen LogP contribution in [0.1, 0.15) is 46.5 Å². The van der Waals surface area contributed by atoms with Gasteiger partial charge in [-0.3, -0.25) is 0 Å². The van der Waals surface area contributed by atoms with E-state index in [1.165, 1.54) is 25.7 Å². The van der Waals surface area contributed by atoms with E-state index in [1.807, 2.05) is 0 Å². The van der Waals surface area contributed by atoms with Crippen molar-refractivity contribution in [2.24, 2.45) is 5.92 Å². The molecule has 0 radical (unpaired) electrons. The van der Waals surface area contributed by atoms with Crippen LogP contribution in [0.2, 0.25) is 0 Å². The molecule has 0 aliphatic carbocycles. The largest absolute Gasteiger partial charge is 0.103 e. The lowest BCUT2D eigenvalue weighted by Crippen LogP contribution is -1.94. The van der Waals surface area contributed by atoms with Gasteiger partial charge in [-0.2, -0.15) is 0 Å². The van der Waals surface area contributed by atoms with Crippen molar-refractivity contribution < 1.29 is 0 Å². The Balaban J connectivity index is 3.71. The topological polar surface area (TPSA) is 0 Å². The minimum atomic E-state index is 0.714. The Morgan fingerprint density at radius 2 is 2.08 bits per heavy atom. The quantitative estimate of drug-likeness (QED) is 0.515. The van der Waals surface area contributed by atoms with Crippen molar-refractivity contribution in [3.8, 4) is 0 Å². The lowest BCUT2D eigenvalue weighted by atomic mass is 9.96. The minimum absolute atomic E-state index is 0.714. The van der Waals surface area contributed by atoms with Gasteiger partial charge in [0.2, 0.25) is 0 Å². The van der Waals surface area contributed by atoms with Gasteiger partial charge in [0.15, 0.2) is 0 Å². The van der Waals surface area contributed by atoms with Crippen molar-refractivity contribution in [3.05, 3.63) is 24.3 Å². The molecule has 0 aliphatic heterocycles. The highest BCUT2D eigenvalue weighted by atomic mass is 14.1. The Morgan fingerprint density at radius 1 is 1.42 bits per heavy atom. The van der Waals surface area contributed by atoms with E-state index < -0.39 is 0 Å². The SMILES string of the molecule is C=CC(CC)CCC(=CC)CC. The van der Waals surface area contributed by atoms with E-state index in [0.717, 1.165) is 0 Å². The second-order valence-electron chi connectivity index (χ2n) is 3.24. The van der Waals surface area contributed by atoms with Gasteiger partial charge in [0.1, 0.15) is 0 Å². The van der Waals surface area contributed by atoms with Gasteiger partial charge in [-0.05, 0) is 38.5 Å². The monoisotopic (exact) mass is 166 g/mol. The maximum Gasteiger partial charge on any atom is -0.0236 e. The highest BCUT2D eigenvalue weighted by Gasteiger charge is 2.01. The number of rotatable bonds is 6. The minimum Gasteiger partial charge on any atom is -0.103 e. The van der Waals surface area contributed by atoms with Crippen LogP contribution >= 0.6 is 0 Å². The maximum atomic E-state index is 3.84. The molecule has 0 aliphatic rings. The second-order valence-corrected chi connectivity index (χ2v) is 3.24. The molecule has 0 fully saturated rings. The van der Waals surface area contributed by atoms with Gasteiger partial charge in [-0.1, -0.05) is 31.6 Å². The summed E-state index contributed by atoms with van der Waals surface area (Å²) in [6.45, 7) is 10.4. The normalized spacial score (nSPS) is 14.4. The van der Waals surface area contributed by atoms with E-state index in [2.05, 4.69) is 39.5 Å². The van der Waals surface area contributed by atoms with E-state index in [-0.39, 0.29) is 0 Å². The number of hydrogen-bond donors (Lipinski definition) is 0. The van der Waals surface area contributed by atoms with Crippen molar-refractivity contribution in [3.63, 3.8) is 0 Å². The molecule has 0 saturated carbocycles. The molecule has 0 heterocycles. The Hall–Kier alpha value is -0.520. The Bertz CT molecular complexity index is 142. The van der Waals surface area contributed by atoms with Crippen LogP contribution in [0.4, 0.5) is 0 Å². The fourth-order valence-corrected chi connectivity index (χ4v) is 1.38. The first-order valence-corrected chi connectivity index (χ1v) is 5.05. The van der Waals surface area contributed by atoms with E-state index in [4.69, 9.17) is 0 Å². The molecular formula is C12H22. The summed E-state index contributed by atoms with van der Waals surface area (Å²) in [6, 6.07) is 0. The lowest BCUT2D eigenvalue weighted by molar-refractivity contribution is 0.567. The third-order valence-electron chi connectivity index (χ3n) is 2.56. The van der Waals surface area contributed by atoms with Crippen LogP contribution in [0, 0.1) is 5.92 Å². The summed E-state index contributed by atoms with van der Waals surface area (Å²) < 4.78 is 0. The fourth-order valence-electron chi connectivity index (χ4n) is 1.38. The predicted molar refractivity (Wildman–Crippen MR) is 57.3 cm³/mol. The smallest absolute Gasteiger partial charge is 0.0236 e. The standard InChI is InChI=1S/C12H22/c1-5-11(6-2)9-10-12(7-3)8-4/h5,7,11H,1,6,8-10H2,2-4H3. The zero-order chi connectivity index (χ0) is 9.40. The molecule has 12 heavy (non-hydrogen) atoms. The molecule has 0 bridgehead atoms. The van der Waals surface area contributed by atoms with Crippen LogP contribution in [0.15, 0.2) is 24.3 Å². The molecule has 0 aromatic carbocycles. The summed E-state index contributed by atoms with van der Waals surface area (Å²) in [7, 11) is 0. The Labute approximate surface area is 77.4 Å². The van der Waals surface area contributed by atoms with Crippen molar-refractivity contribution in [2.75, 3.05) is 0 Å². The molecule has 1 unspecified atom stereocenters. The molecule has 0 saturated heterocycles. The third kappa shape index (κ3) is 4.38. The molecule has 0 aromatic rings. The van der Waals surface area contributed by atoms with Crippen LogP contribution in [0.3, 0.4) is 0 Å². The van der Waals surface area contributed by atoms with Gasteiger partial charge >= 0.3 is 0 Å². The summed E-state index contributed by atoms with van der Waals surface area (Å²) in [6.07, 6.45) is 9.28. The van der Waals surface area contributed by atoms with Gasteiger partial charge in [-0.15, -0.1) is 6.58 Å². The predicted octanol–water partition coefficient (Wildman–Crippen LogP) is 4.34. The molecule has 0 heteroatoms. The molecule has 1 atom stereocenters. The molecular weight excluding hydrogens is 144 g/mol. The average molecular weight is 166 g/mol. The molecule has 0 amide bonds. The summed E-state index contributed by atoms with van der Waals surface area (Å²) in [5.74, 6) is 0.714. The number of hydrogen-bond acceptors (Lipinski definition) is 0.